The molecule has 1 aromatic rings. The van der Waals surface area contributed by atoms with E-state index in [1.807, 2.05) is 37.3 Å². The molecule has 5 nitrogen and oxygen atoms in total. The molecule has 2 aliphatic rings. The number of aliphatic hydroxyl groups excluding tert-OH is 1. The average molecular weight is 288 g/mol. The van der Waals surface area contributed by atoms with E-state index >= 15 is 0 Å². The van der Waals surface area contributed by atoms with Crippen molar-refractivity contribution in [1.82, 2.24) is 4.90 Å². The lowest BCUT2D eigenvalue weighted by Crippen LogP contribution is -2.48. The fourth-order valence-corrected chi connectivity index (χ4v) is 2.85. The van der Waals surface area contributed by atoms with E-state index in [-0.39, 0.29) is 17.9 Å². The molecule has 3 unspecified atom stereocenters. The number of benzene rings is 1. The van der Waals surface area contributed by atoms with Gasteiger partial charge in [0.2, 0.25) is 6.10 Å². The minimum absolute atomic E-state index is 0.0246. The van der Waals surface area contributed by atoms with Crippen LogP contribution in [0.3, 0.4) is 0 Å². The number of carbonyl (C=O) groups is 1. The normalized spacial score (nSPS) is 29.0. The van der Waals surface area contributed by atoms with Crippen molar-refractivity contribution >= 4 is 11.6 Å². The first-order valence-electron chi connectivity index (χ1n) is 7.40. The molecule has 0 spiro atoms. The standard InChI is InChI=1S/C16H20N2O3/c1-11-10-18(8-7-14(11)19)16(20)15-9-13(17-21-15)12-5-3-2-4-6-12/h2-6,11,14-15,19H,7-10H2,1H3. The Morgan fingerprint density at radius 3 is 2.86 bits per heavy atom. The van der Waals surface area contributed by atoms with Gasteiger partial charge in [0.1, 0.15) is 0 Å². The van der Waals surface area contributed by atoms with E-state index in [4.69, 9.17) is 4.84 Å². The highest BCUT2D eigenvalue weighted by molar-refractivity contribution is 6.04. The van der Waals surface area contributed by atoms with Crippen LogP contribution in [-0.4, -0.2) is 46.9 Å². The Balaban J connectivity index is 1.61. The van der Waals surface area contributed by atoms with Gasteiger partial charge in [0.05, 0.1) is 11.8 Å². The fourth-order valence-electron chi connectivity index (χ4n) is 2.85. The molecule has 1 aromatic carbocycles. The third-order valence-corrected chi connectivity index (χ3v) is 4.22. The summed E-state index contributed by atoms with van der Waals surface area (Å²) in [6.07, 6.45) is 0.305. The summed E-state index contributed by atoms with van der Waals surface area (Å²) in [6.45, 7) is 3.14. The Labute approximate surface area is 124 Å². The molecule has 3 rings (SSSR count). The van der Waals surface area contributed by atoms with E-state index < -0.39 is 6.10 Å². The first-order chi connectivity index (χ1) is 10.1. The minimum Gasteiger partial charge on any atom is -0.393 e. The van der Waals surface area contributed by atoms with Crippen molar-refractivity contribution in [2.45, 2.75) is 32.0 Å². The van der Waals surface area contributed by atoms with Gasteiger partial charge in [0.25, 0.3) is 5.91 Å². The van der Waals surface area contributed by atoms with Crippen molar-refractivity contribution in [2.75, 3.05) is 13.1 Å². The second-order valence-electron chi connectivity index (χ2n) is 5.82. The van der Waals surface area contributed by atoms with Gasteiger partial charge < -0.3 is 14.8 Å². The fraction of sp³-hybridized carbons (Fsp3) is 0.500. The summed E-state index contributed by atoms with van der Waals surface area (Å²) in [7, 11) is 0. The zero-order valence-electron chi connectivity index (χ0n) is 12.1. The summed E-state index contributed by atoms with van der Waals surface area (Å²) in [5.74, 6) is 0.0852. The van der Waals surface area contributed by atoms with E-state index in [0.717, 1.165) is 11.3 Å². The van der Waals surface area contributed by atoms with Crippen molar-refractivity contribution < 1.29 is 14.7 Å². The van der Waals surface area contributed by atoms with Gasteiger partial charge in [-0.1, -0.05) is 42.4 Å². The second-order valence-corrected chi connectivity index (χ2v) is 5.82. The first kappa shape index (κ1) is 14.1. The van der Waals surface area contributed by atoms with Crippen LogP contribution in [0.1, 0.15) is 25.3 Å². The molecule has 0 bridgehead atoms. The SMILES string of the molecule is CC1CN(C(=O)C2CC(c3ccccc3)=NO2)CCC1O. The molecule has 21 heavy (non-hydrogen) atoms. The summed E-state index contributed by atoms with van der Waals surface area (Å²) in [5.41, 5.74) is 1.81. The van der Waals surface area contributed by atoms with E-state index in [2.05, 4.69) is 5.16 Å². The maximum atomic E-state index is 12.5. The summed E-state index contributed by atoms with van der Waals surface area (Å²) >= 11 is 0. The average Bonchev–Trinajstić information content (AvgIpc) is 3.00. The maximum Gasteiger partial charge on any atom is 0.266 e. The molecular formula is C16H20N2O3. The van der Waals surface area contributed by atoms with E-state index in [9.17, 15) is 9.90 Å². The molecular weight excluding hydrogens is 268 g/mol. The van der Waals surface area contributed by atoms with Gasteiger partial charge in [0.15, 0.2) is 0 Å². The van der Waals surface area contributed by atoms with Crippen LogP contribution in [0.15, 0.2) is 35.5 Å². The molecule has 3 atom stereocenters. The molecule has 0 aliphatic carbocycles. The van der Waals surface area contributed by atoms with E-state index in [0.29, 0.717) is 25.9 Å². The first-order valence-corrected chi connectivity index (χ1v) is 7.40. The van der Waals surface area contributed by atoms with Crippen LogP contribution in [-0.2, 0) is 9.63 Å². The van der Waals surface area contributed by atoms with Crippen molar-refractivity contribution in [3.8, 4) is 0 Å². The zero-order chi connectivity index (χ0) is 14.8. The molecule has 1 saturated heterocycles. The largest absolute Gasteiger partial charge is 0.393 e. The zero-order valence-corrected chi connectivity index (χ0v) is 12.1. The molecule has 2 aliphatic heterocycles. The predicted octanol–water partition coefficient (Wildman–Crippen LogP) is 1.41. The molecule has 0 aromatic heterocycles. The number of hydrogen-bond acceptors (Lipinski definition) is 4. The highest BCUT2D eigenvalue weighted by Gasteiger charge is 2.35. The van der Waals surface area contributed by atoms with Gasteiger partial charge >= 0.3 is 0 Å². The quantitative estimate of drug-likeness (QED) is 0.895. The summed E-state index contributed by atoms with van der Waals surface area (Å²) in [5, 5.41) is 13.8. The van der Waals surface area contributed by atoms with Crippen molar-refractivity contribution in [2.24, 2.45) is 11.1 Å². The molecule has 1 fully saturated rings. The Morgan fingerprint density at radius 1 is 1.38 bits per heavy atom. The topological polar surface area (TPSA) is 62.1 Å². The minimum atomic E-state index is -0.525. The van der Waals surface area contributed by atoms with E-state index in [1.54, 1.807) is 4.90 Å². The molecule has 5 heteroatoms. The summed E-state index contributed by atoms with van der Waals surface area (Å²) in [4.78, 5) is 19.6. The Hall–Kier alpha value is -1.88. The van der Waals surface area contributed by atoms with Crippen LogP contribution >= 0.6 is 0 Å². The Bertz CT molecular complexity index is 544. The summed E-state index contributed by atoms with van der Waals surface area (Å²) in [6, 6.07) is 9.77. The van der Waals surface area contributed by atoms with Crippen molar-refractivity contribution in [1.29, 1.82) is 0 Å². The third kappa shape index (κ3) is 2.93. The van der Waals surface area contributed by atoms with Crippen LogP contribution < -0.4 is 0 Å². The highest BCUT2D eigenvalue weighted by Crippen LogP contribution is 2.22. The number of hydrogen-bond donors (Lipinski definition) is 1. The molecule has 2 heterocycles. The van der Waals surface area contributed by atoms with Gasteiger partial charge in [-0.05, 0) is 17.9 Å². The highest BCUT2D eigenvalue weighted by atomic mass is 16.6. The van der Waals surface area contributed by atoms with Gasteiger partial charge in [-0.15, -0.1) is 0 Å². The van der Waals surface area contributed by atoms with Gasteiger partial charge in [-0.3, -0.25) is 4.79 Å². The van der Waals surface area contributed by atoms with Crippen LogP contribution in [0.4, 0.5) is 0 Å². The number of oxime groups is 1. The lowest BCUT2D eigenvalue weighted by atomic mass is 9.96. The van der Waals surface area contributed by atoms with Crippen molar-refractivity contribution in [3.05, 3.63) is 35.9 Å². The van der Waals surface area contributed by atoms with Gasteiger partial charge in [-0.25, -0.2) is 0 Å². The van der Waals surface area contributed by atoms with Crippen LogP contribution in [0, 0.1) is 5.92 Å². The van der Waals surface area contributed by atoms with Gasteiger partial charge in [-0.2, -0.15) is 0 Å². The van der Waals surface area contributed by atoms with Crippen LogP contribution in [0.2, 0.25) is 0 Å². The molecule has 1 N–H and O–H groups in total. The maximum absolute atomic E-state index is 12.5. The predicted molar refractivity (Wildman–Crippen MR) is 78.8 cm³/mol. The number of aliphatic hydroxyl groups is 1. The number of rotatable bonds is 2. The molecule has 0 radical (unpaired) electrons. The van der Waals surface area contributed by atoms with Crippen LogP contribution in [0.25, 0.3) is 0 Å². The number of nitrogens with zero attached hydrogens (tertiary/aromatic N) is 2. The second kappa shape index (κ2) is 5.85. The lowest BCUT2D eigenvalue weighted by Gasteiger charge is -2.35. The number of likely N-dealkylation sites (tertiary alicyclic amines) is 1. The smallest absolute Gasteiger partial charge is 0.266 e. The van der Waals surface area contributed by atoms with Crippen LogP contribution in [0.5, 0.6) is 0 Å². The summed E-state index contributed by atoms with van der Waals surface area (Å²) < 4.78 is 0. The Morgan fingerprint density at radius 2 is 2.14 bits per heavy atom. The number of piperidine rings is 1. The number of amides is 1. The Kier molecular flexibility index (Phi) is 3.92. The van der Waals surface area contributed by atoms with Gasteiger partial charge in [0, 0.05) is 19.5 Å². The monoisotopic (exact) mass is 288 g/mol. The van der Waals surface area contributed by atoms with E-state index in [1.165, 1.54) is 0 Å². The lowest BCUT2D eigenvalue weighted by molar-refractivity contribution is -0.145. The molecule has 0 saturated carbocycles. The molecule has 112 valence electrons. The molecule has 1 amide bonds. The van der Waals surface area contributed by atoms with Crippen molar-refractivity contribution in [3.63, 3.8) is 0 Å². The number of carbonyl (C=O) groups excluding carboxylic acids is 1. The third-order valence-electron chi connectivity index (χ3n) is 4.22.